The topological polar surface area (TPSA) is 84.7 Å². The van der Waals surface area contributed by atoms with Crippen LogP contribution in [0.4, 0.5) is 11.5 Å². The van der Waals surface area contributed by atoms with Crippen molar-refractivity contribution in [2.75, 3.05) is 26.5 Å². The number of nitrogens with one attached hydrogen (secondary N) is 1. The number of benzene rings is 3. The molecular weight excluding hydrogens is 416 g/mol. The molecule has 3 aromatic carbocycles. The summed E-state index contributed by atoms with van der Waals surface area (Å²) in [5, 5.41) is 18.9. The van der Waals surface area contributed by atoms with E-state index in [1.165, 1.54) is 0 Å². The highest BCUT2D eigenvalue weighted by atomic mass is 16.5. The first-order chi connectivity index (χ1) is 16.0. The van der Waals surface area contributed by atoms with Gasteiger partial charge >= 0.3 is 0 Å². The number of carbonyl (C=O) groups is 1. The van der Waals surface area contributed by atoms with E-state index >= 15 is 0 Å². The number of methoxy groups -OCH3 is 1. The van der Waals surface area contributed by atoms with Gasteiger partial charge in [-0.15, -0.1) is 15.3 Å². The Balaban J connectivity index is 1.59. The molecule has 0 aliphatic carbocycles. The van der Waals surface area contributed by atoms with E-state index < -0.39 is 0 Å². The summed E-state index contributed by atoms with van der Waals surface area (Å²) in [6, 6.07) is 22.9. The minimum Gasteiger partial charge on any atom is -0.497 e. The Morgan fingerprint density at radius 1 is 0.909 bits per heavy atom. The smallest absolute Gasteiger partial charge is 0.253 e. The van der Waals surface area contributed by atoms with Gasteiger partial charge in [0.2, 0.25) is 0 Å². The maximum absolute atomic E-state index is 12.2. The summed E-state index contributed by atoms with van der Waals surface area (Å²) in [4.78, 5) is 13.7. The Labute approximate surface area is 190 Å². The summed E-state index contributed by atoms with van der Waals surface area (Å²) < 4.78 is 7.01. The van der Waals surface area contributed by atoms with Crippen molar-refractivity contribution < 1.29 is 9.53 Å². The fourth-order valence-corrected chi connectivity index (χ4v) is 3.68. The molecule has 0 aliphatic heterocycles. The van der Waals surface area contributed by atoms with E-state index in [1.807, 2.05) is 60.7 Å². The van der Waals surface area contributed by atoms with Crippen LogP contribution < -0.4 is 10.1 Å². The Morgan fingerprint density at radius 3 is 2.27 bits per heavy atom. The SMILES string of the molecule is COc1ccc(-c2nnc3c4ccccc4c(Nc4ccc(C(=O)N(C)C)cc4)nn23)cc1. The number of aromatic nitrogens is 4. The maximum atomic E-state index is 12.2. The highest BCUT2D eigenvalue weighted by Gasteiger charge is 2.16. The molecule has 0 radical (unpaired) electrons. The van der Waals surface area contributed by atoms with Gasteiger partial charge in [0.15, 0.2) is 17.3 Å². The number of hydrogen-bond donors (Lipinski definition) is 1. The van der Waals surface area contributed by atoms with Crippen molar-refractivity contribution >= 4 is 33.8 Å². The molecule has 0 bridgehead atoms. The number of ether oxygens (including phenoxy) is 1. The van der Waals surface area contributed by atoms with Gasteiger partial charge in [0.1, 0.15) is 5.75 Å². The predicted octanol–water partition coefficient (Wildman–Crippen LogP) is 4.40. The second-order valence-corrected chi connectivity index (χ2v) is 7.78. The molecule has 5 aromatic rings. The molecule has 2 heterocycles. The number of fused-ring (bicyclic) bond motifs is 3. The van der Waals surface area contributed by atoms with Gasteiger partial charge in [-0.25, -0.2) is 0 Å². The zero-order valence-corrected chi connectivity index (χ0v) is 18.5. The lowest BCUT2D eigenvalue weighted by Gasteiger charge is -2.12. The third-order valence-electron chi connectivity index (χ3n) is 5.41. The first-order valence-electron chi connectivity index (χ1n) is 10.4. The van der Waals surface area contributed by atoms with Gasteiger partial charge in [0.05, 0.1) is 7.11 Å². The lowest BCUT2D eigenvalue weighted by molar-refractivity contribution is 0.0827. The minimum atomic E-state index is -0.0415. The molecular formula is C25H22N6O2. The molecule has 5 rings (SSSR count). The van der Waals surface area contributed by atoms with Crippen molar-refractivity contribution in [2.45, 2.75) is 0 Å². The monoisotopic (exact) mass is 438 g/mol. The maximum Gasteiger partial charge on any atom is 0.253 e. The van der Waals surface area contributed by atoms with Crippen LogP contribution in [0.2, 0.25) is 0 Å². The van der Waals surface area contributed by atoms with Crippen LogP contribution in [0.5, 0.6) is 5.75 Å². The van der Waals surface area contributed by atoms with E-state index in [4.69, 9.17) is 9.84 Å². The lowest BCUT2D eigenvalue weighted by Crippen LogP contribution is -2.21. The number of hydrogen-bond acceptors (Lipinski definition) is 6. The van der Waals surface area contributed by atoms with E-state index in [0.29, 0.717) is 22.9 Å². The van der Waals surface area contributed by atoms with Gasteiger partial charge in [-0.3, -0.25) is 4.79 Å². The summed E-state index contributed by atoms with van der Waals surface area (Å²) >= 11 is 0. The van der Waals surface area contributed by atoms with Gasteiger partial charge in [-0.1, -0.05) is 24.3 Å². The van der Waals surface area contributed by atoms with Gasteiger partial charge in [-0.05, 0) is 48.5 Å². The van der Waals surface area contributed by atoms with Crippen molar-refractivity contribution in [3.05, 3.63) is 78.4 Å². The van der Waals surface area contributed by atoms with E-state index in [1.54, 1.807) is 42.8 Å². The van der Waals surface area contributed by atoms with Crippen LogP contribution in [0.15, 0.2) is 72.8 Å². The van der Waals surface area contributed by atoms with Crippen molar-refractivity contribution in [3.8, 4) is 17.1 Å². The highest BCUT2D eigenvalue weighted by molar-refractivity contribution is 6.01. The zero-order valence-electron chi connectivity index (χ0n) is 18.5. The largest absolute Gasteiger partial charge is 0.497 e. The quantitative estimate of drug-likeness (QED) is 0.438. The van der Waals surface area contributed by atoms with Crippen molar-refractivity contribution in [2.24, 2.45) is 0 Å². The van der Waals surface area contributed by atoms with Crippen LogP contribution >= 0.6 is 0 Å². The van der Waals surface area contributed by atoms with E-state index in [0.717, 1.165) is 27.8 Å². The summed E-state index contributed by atoms with van der Waals surface area (Å²) in [6.45, 7) is 0. The van der Waals surface area contributed by atoms with Crippen molar-refractivity contribution in [3.63, 3.8) is 0 Å². The van der Waals surface area contributed by atoms with E-state index in [-0.39, 0.29) is 5.91 Å². The van der Waals surface area contributed by atoms with Crippen LogP contribution in [0.1, 0.15) is 10.4 Å². The summed E-state index contributed by atoms with van der Waals surface area (Å²) in [7, 11) is 5.11. The molecule has 164 valence electrons. The molecule has 0 saturated carbocycles. The number of anilines is 2. The number of nitrogens with zero attached hydrogens (tertiary/aromatic N) is 5. The van der Waals surface area contributed by atoms with Gasteiger partial charge < -0.3 is 15.0 Å². The minimum absolute atomic E-state index is 0.0415. The average molecular weight is 438 g/mol. The zero-order chi connectivity index (χ0) is 22.9. The summed E-state index contributed by atoms with van der Waals surface area (Å²) in [6.07, 6.45) is 0. The number of amides is 1. The fourth-order valence-electron chi connectivity index (χ4n) is 3.68. The standard InChI is InChI=1S/C25H22N6O2/c1-30(2)25(32)17-8-12-18(13-9-17)26-22-20-6-4-5-7-21(20)24-28-27-23(31(24)29-22)16-10-14-19(33-3)15-11-16/h4-15H,1-3H3,(H,26,29). The Kier molecular flexibility index (Phi) is 5.10. The van der Waals surface area contributed by atoms with Gasteiger partial charge in [-0.2, -0.15) is 4.52 Å². The summed E-state index contributed by atoms with van der Waals surface area (Å²) in [5.41, 5.74) is 3.00. The number of rotatable bonds is 5. The normalized spacial score (nSPS) is 11.0. The Hall–Kier alpha value is -4.46. The third kappa shape index (κ3) is 3.71. The Morgan fingerprint density at radius 2 is 1.61 bits per heavy atom. The molecule has 1 N–H and O–H groups in total. The molecule has 1 amide bonds. The molecule has 0 aliphatic rings. The molecule has 0 unspecified atom stereocenters. The van der Waals surface area contributed by atoms with Crippen LogP contribution in [0, 0.1) is 0 Å². The second kappa shape index (κ2) is 8.23. The third-order valence-corrected chi connectivity index (χ3v) is 5.41. The Bertz CT molecular complexity index is 1460. The van der Waals surface area contributed by atoms with Crippen LogP contribution in [0.25, 0.3) is 27.8 Å². The van der Waals surface area contributed by atoms with Crippen molar-refractivity contribution in [1.29, 1.82) is 0 Å². The fraction of sp³-hybridized carbons (Fsp3) is 0.120. The molecule has 0 fully saturated rings. The molecule has 0 saturated heterocycles. The highest BCUT2D eigenvalue weighted by Crippen LogP contribution is 2.30. The van der Waals surface area contributed by atoms with Crippen LogP contribution in [0.3, 0.4) is 0 Å². The van der Waals surface area contributed by atoms with Crippen LogP contribution in [-0.2, 0) is 0 Å². The molecule has 0 spiro atoms. The first-order valence-corrected chi connectivity index (χ1v) is 10.4. The lowest BCUT2D eigenvalue weighted by atomic mass is 10.1. The van der Waals surface area contributed by atoms with Crippen LogP contribution in [-0.4, -0.2) is 51.8 Å². The molecule has 2 aromatic heterocycles. The summed E-state index contributed by atoms with van der Waals surface area (Å²) in [5.74, 6) is 2.03. The first kappa shape index (κ1) is 20.4. The van der Waals surface area contributed by atoms with E-state index in [9.17, 15) is 4.79 Å². The number of carbonyl (C=O) groups excluding carboxylic acids is 1. The molecule has 33 heavy (non-hydrogen) atoms. The predicted molar refractivity (Wildman–Crippen MR) is 128 cm³/mol. The van der Waals surface area contributed by atoms with Gasteiger partial charge in [0, 0.05) is 41.7 Å². The average Bonchev–Trinajstić information content (AvgIpc) is 3.28. The molecule has 8 heteroatoms. The molecule has 8 nitrogen and oxygen atoms in total. The van der Waals surface area contributed by atoms with Crippen molar-refractivity contribution in [1.82, 2.24) is 24.7 Å². The van der Waals surface area contributed by atoms with Gasteiger partial charge in [0.25, 0.3) is 5.91 Å². The second-order valence-electron chi connectivity index (χ2n) is 7.78. The van der Waals surface area contributed by atoms with E-state index in [2.05, 4.69) is 15.5 Å². The molecule has 0 atom stereocenters.